The number of thiocarbonyl (C=S) groups is 1. The van der Waals surface area contributed by atoms with Crippen LogP contribution < -0.4 is 4.90 Å². The number of carbonyl (C=O) groups excluding carboxylic acids is 1. The predicted octanol–water partition coefficient (Wildman–Crippen LogP) is 4.34. The van der Waals surface area contributed by atoms with Crippen LogP contribution in [0, 0.1) is 0 Å². The van der Waals surface area contributed by atoms with Crippen LogP contribution in [-0.2, 0) is 4.79 Å². The standard InChI is InChI=1S/C14H8ClNO2S2/c15-9-3-5-10(6-4-9)16-13(17)12(20-14(16)19)8-11-2-1-7-18-11/h1-8H/b12-8-. The fourth-order valence-electron chi connectivity index (χ4n) is 1.78. The van der Waals surface area contributed by atoms with Gasteiger partial charge in [0.2, 0.25) is 0 Å². The summed E-state index contributed by atoms with van der Waals surface area (Å²) in [5.74, 6) is 0.473. The average molecular weight is 322 g/mol. The van der Waals surface area contributed by atoms with Gasteiger partial charge in [0.1, 0.15) is 5.76 Å². The summed E-state index contributed by atoms with van der Waals surface area (Å²) >= 11 is 12.4. The minimum Gasteiger partial charge on any atom is -0.465 e. The lowest BCUT2D eigenvalue weighted by Crippen LogP contribution is -2.27. The zero-order valence-electron chi connectivity index (χ0n) is 10.1. The summed E-state index contributed by atoms with van der Waals surface area (Å²) in [6.07, 6.45) is 3.25. The number of thioether (sulfide) groups is 1. The number of halogens is 1. The molecule has 0 spiro atoms. The van der Waals surface area contributed by atoms with Gasteiger partial charge in [0.25, 0.3) is 5.91 Å². The molecule has 1 aromatic carbocycles. The molecule has 6 heteroatoms. The first-order valence-electron chi connectivity index (χ1n) is 5.72. The number of amides is 1. The Kier molecular flexibility index (Phi) is 3.65. The van der Waals surface area contributed by atoms with E-state index in [1.807, 2.05) is 0 Å². The van der Waals surface area contributed by atoms with Crippen LogP contribution in [-0.4, -0.2) is 10.2 Å². The van der Waals surface area contributed by atoms with Crippen molar-refractivity contribution in [3.05, 3.63) is 58.3 Å². The summed E-state index contributed by atoms with van der Waals surface area (Å²) < 4.78 is 5.71. The van der Waals surface area contributed by atoms with E-state index in [-0.39, 0.29) is 5.91 Å². The topological polar surface area (TPSA) is 33.5 Å². The molecule has 3 rings (SSSR count). The quantitative estimate of drug-likeness (QED) is 0.608. The first-order valence-corrected chi connectivity index (χ1v) is 7.32. The van der Waals surface area contributed by atoms with Crippen molar-refractivity contribution in [3.8, 4) is 0 Å². The molecule has 2 aromatic rings. The highest BCUT2D eigenvalue weighted by Gasteiger charge is 2.33. The lowest BCUT2D eigenvalue weighted by atomic mass is 10.3. The lowest BCUT2D eigenvalue weighted by molar-refractivity contribution is -0.113. The van der Waals surface area contributed by atoms with E-state index >= 15 is 0 Å². The van der Waals surface area contributed by atoms with Crippen molar-refractivity contribution >= 4 is 57.6 Å². The number of benzene rings is 1. The van der Waals surface area contributed by atoms with Gasteiger partial charge in [-0.3, -0.25) is 9.69 Å². The van der Waals surface area contributed by atoms with Gasteiger partial charge in [-0.05, 0) is 36.4 Å². The van der Waals surface area contributed by atoms with Crippen LogP contribution in [0.2, 0.25) is 5.02 Å². The Morgan fingerprint density at radius 1 is 1.25 bits per heavy atom. The molecule has 2 heterocycles. The average Bonchev–Trinajstić information content (AvgIpc) is 3.02. The number of hydrogen-bond acceptors (Lipinski definition) is 4. The maximum absolute atomic E-state index is 12.4. The van der Waals surface area contributed by atoms with Crippen molar-refractivity contribution in [1.29, 1.82) is 0 Å². The van der Waals surface area contributed by atoms with Crippen LogP contribution in [0.25, 0.3) is 6.08 Å². The van der Waals surface area contributed by atoms with Crippen LogP contribution in [0.4, 0.5) is 5.69 Å². The largest absolute Gasteiger partial charge is 0.465 e. The molecular formula is C14H8ClNO2S2. The van der Waals surface area contributed by atoms with E-state index in [1.54, 1.807) is 48.7 Å². The lowest BCUT2D eigenvalue weighted by Gasteiger charge is -2.14. The summed E-state index contributed by atoms with van der Waals surface area (Å²) in [6.45, 7) is 0. The predicted molar refractivity (Wildman–Crippen MR) is 85.8 cm³/mol. The van der Waals surface area contributed by atoms with Gasteiger partial charge in [-0.2, -0.15) is 0 Å². The van der Waals surface area contributed by atoms with Gasteiger partial charge in [0, 0.05) is 11.1 Å². The first kappa shape index (κ1) is 13.4. The Morgan fingerprint density at radius 3 is 2.65 bits per heavy atom. The van der Waals surface area contributed by atoms with Gasteiger partial charge in [0.05, 0.1) is 16.9 Å². The van der Waals surface area contributed by atoms with E-state index in [0.717, 1.165) is 0 Å². The number of furan rings is 1. The van der Waals surface area contributed by atoms with Crippen LogP contribution in [0.3, 0.4) is 0 Å². The molecule has 0 bridgehead atoms. The Labute approximate surface area is 130 Å². The monoisotopic (exact) mass is 321 g/mol. The van der Waals surface area contributed by atoms with Gasteiger partial charge in [-0.15, -0.1) is 0 Å². The van der Waals surface area contributed by atoms with Gasteiger partial charge in [-0.1, -0.05) is 35.6 Å². The van der Waals surface area contributed by atoms with Crippen molar-refractivity contribution in [2.24, 2.45) is 0 Å². The fraction of sp³-hybridized carbons (Fsp3) is 0. The van der Waals surface area contributed by atoms with E-state index in [2.05, 4.69) is 0 Å². The highest BCUT2D eigenvalue weighted by atomic mass is 35.5. The van der Waals surface area contributed by atoms with Crippen molar-refractivity contribution in [1.82, 2.24) is 0 Å². The van der Waals surface area contributed by atoms with Gasteiger partial charge >= 0.3 is 0 Å². The summed E-state index contributed by atoms with van der Waals surface area (Å²) in [6, 6.07) is 10.5. The minimum atomic E-state index is -0.154. The molecule has 1 aromatic heterocycles. The van der Waals surface area contributed by atoms with Gasteiger partial charge in [-0.25, -0.2) is 0 Å². The van der Waals surface area contributed by atoms with Crippen LogP contribution in [0.15, 0.2) is 52.0 Å². The summed E-state index contributed by atoms with van der Waals surface area (Å²) in [5.41, 5.74) is 0.708. The number of carbonyl (C=O) groups is 1. The van der Waals surface area contributed by atoms with E-state index in [4.69, 9.17) is 28.2 Å². The van der Waals surface area contributed by atoms with Crippen molar-refractivity contribution < 1.29 is 9.21 Å². The SMILES string of the molecule is O=C1/C(=C/c2ccco2)SC(=S)N1c1ccc(Cl)cc1. The van der Waals surface area contributed by atoms with E-state index in [9.17, 15) is 4.79 Å². The van der Waals surface area contributed by atoms with Crippen molar-refractivity contribution in [2.45, 2.75) is 0 Å². The molecule has 0 saturated carbocycles. The number of hydrogen-bond donors (Lipinski definition) is 0. The Bertz CT molecular complexity index is 692. The molecule has 0 N–H and O–H groups in total. The second kappa shape index (κ2) is 5.44. The molecule has 20 heavy (non-hydrogen) atoms. The molecule has 3 nitrogen and oxygen atoms in total. The molecule has 1 aliphatic rings. The Morgan fingerprint density at radius 2 is 2.00 bits per heavy atom. The minimum absolute atomic E-state index is 0.154. The van der Waals surface area contributed by atoms with Crippen molar-refractivity contribution in [3.63, 3.8) is 0 Å². The maximum atomic E-state index is 12.4. The molecule has 0 aliphatic carbocycles. The third-order valence-corrected chi connectivity index (χ3v) is 4.25. The highest BCUT2D eigenvalue weighted by molar-refractivity contribution is 8.27. The Balaban J connectivity index is 1.93. The molecular weight excluding hydrogens is 314 g/mol. The van der Waals surface area contributed by atoms with Gasteiger partial charge in [0.15, 0.2) is 4.32 Å². The number of nitrogens with zero attached hydrogens (tertiary/aromatic N) is 1. The van der Waals surface area contributed by atoms with E-state index in [0.29, 0.717) is 25.7 Å². The zero-order chi connectivity index (χ0) is 14.1. The second-order valence-corrected chi connectivity index (χ2v) is 6.12. The molecule has 100 valence electrons. The number of rotatable bonds is 2. The molecule has 1 fully saturated rings. The third-order valence-electron chi connectivity index (χ3n) is 2.70. The second-order valence-electron chi connectivity index (χ2n) is 4.01. The number of anilines is 1. The fourth-order valence-corrected chi connectivity index (χ4v) is 3.19. The van der Waals surface area contributed by atoms with Crippen LogP contribution in [0.1, 0.15) is 5.76 Å². The molecule has 1 amide bonds. The molecule has 0 atom stereocenters. The third kappa shape index (κ3) is 2.52. The smallest absolute Gasteiger partial charge is 0.270 e. The first-order chi connectivity index (χ1) is 9.65. The van der Waals surface area contributed by atoms with E-state index in [1.165, 1.54) is 16.7 Å². The normalized spacial score (nSPS) is 17.2. The molecule has 1 saturated heterocycles. The molecule has 0 radical (unpaired) electrons. The molecule has 1 aliphatic heterocycles. The summed E-state index contributed by atoms with van der Waals surface area (Å²) in [7, 11) is 0. The Hall–Kier alpha value is -1.56. The highest BCUT2D eigenvalue weighted by Crippen LogP contribution is 2.36. The summed E-state index contributed by atoms with van der Waals surface area (Å²) in [4.78, 5) is 14.4. The van der Waals surface area contributed by atoms with Crippen LogP contribution >= 0.6 is 35.6 Å². The summed E-state index contributed by atoms with van der Waals surface area (Å²) in [5, 5.41) is 0.616. The maximum Gasteiger partial charge on any atom is 0.270 e. The van der Waals surface area contributed by atoms with Gasteiger partial charge < -0.3 is 4.42 Å². The zero-order valence-corrected chi connectivity index (χ0v) is 12.5. The van der Waals surface area contributed by atoms with Crippen LogP contribution in [0.5, 0.6) is 0 Å². The molecule has 0 unspecified atom stereocenters. The van der Waals surface area contributed by atoms with Crippen molar-refractivity contribution in [2.75, 3.05) is 4.90 Å². The van der Waals surface area contributed by atoms with E-state index < -0.39 is 0 Å².